The monoisotopic (exact) mass is 196 g/mol. The van der Waals surface area contributed by atoms with Crippen molar-refractivity contribution < 1.29 is 4.39 Å². The number of thiol groups is 1. The number of rotatable bonds is 1. The van der Waals surface area contributed by atoms with Gasteiger partial charge in [0.15, 0.2) is 0 Å². The average Bonchev–Trinajstić information content (AvgIpc) is 2.11. The smallest absolute Gasteiger partial charge is 0.142 e. The molecule has 4 heteroatoms. The minimum Gasteiger partial charge on any atom is -0.383 e. The van der Waals surface area contributed by atoms with E-state index in [1.807, 2.05) is 0 Å². The second kappa shape index (κ2) is 4.73. The van der Waals surface area contributed by atoms with Crippen molar-refractivity contribution in [3.05, 3.63) is 23.6 Å². The number of pyridine rings is 1. The fourth-order valence-corrected chi connectivity index (χ4v) is 0.875. The molecule has 0 bridgehead atoms. The Morgan fingerprint density at radius 2 is 2.38 bits per heavy atom. The molecule has 0 saturated carbocycles. The fourth-order valence-electron chi connectivity index (χ4n) is 0.764. The molecule has 0 amide bonds. The van der Waals surface area contributed by atoms with E-state index < -0.39 is 5.82 Å². The van der Waals surface area contributed by atoms with Crippen molar-refractivity contribution in [3.8, 4) is 11.8 Å². The minimum atomic E-state index is -0.427. The molecule has 0 aliphatic carbocycles. The Hall–Kier alpha value is -1.21. The van der Waals surface area contributed by atoms with Gasteiger partial charge in [0, 0.05) is 12.2 Å². The number of nitrogens with zero attached hydrogens (tertiary/aromatic N) is 1. The zero-order valence-electron chi connectivity index (χ0n) is 6.92. The van der Waals surface area contributed by atoms with Crippen molar-refractivity contribution in [1.29, 1.82) is 0 Å². The van der Waals surface area contributed by atoms with Crippen LogP contribution < -0.4 is 5.73 Å². The van der Waals surface area contributed by atoms with E-state index in [0.29, 0.717) is 17.7 Å². The number of anilines is 1. The van der Waals surface area contributed by atoms with Gasteiger partial charge in [-0.3, -0.25) is 0 Å². The van der Waals surface area contributed by atoms with Gasteiger partial charge >= 0.3 is 0 Å². The Balaban J connectivity index is 2.89. The van der Waals surface area contributed by atoms with Crippen molar-refractivity contribution >= 4 is 18.4 Å². The first-order valence-corrected chi connectivity index (χ1v) is 4.38. The van der Waals surface area contributed by atoms with Crippen molar-refractivity contribution in [1.82, 2.24) is 4.98 Å². The van der Waals surface area contributed by atoms with Crippen LogP contribution in [-0.2, 0) is 0 Å². The van der Waals surface area contributed by atoms with E-state index in [4.69, 9.17) is 5.73 Å². The summed E-state index contributed by atoms with van der Waals surface area (Å²) in [5.41, 5.74) is 5.90. The summed E-state index contributed by atoms with van der Waals surface area (Å²) in [5, 5.41) is 0. The Labute approximate surface area is 81.8 Å². The molecule has 0 fully saturated rings. The molecule has 2 nitrogen and oxygen atoms in total. The topological polar surface area (TPSA) is 38.9 Å². The highest BCUT2D eigenvalue weighted by Gasteiger charge is 1.97. The molecule has 0 radical (unpaired) electrons. The largest absolute Gasteiger partial charge is 0.383 e. The molecule has 68 valence electrons. The molecule has 2 N–H and O–H groups in total. The molecule has 0 aliphatic heterocycles. The van der Waals surface area contributed by atoms with Gasteiger partial charge in [0.1, 0.15) is 11.6 Å². The standard InChI is InChI=1S/C9H9FN2S/c10-8-5-7(3-1-2-4-13)9(11)12-6-8/h5-6,13H,2,4H2,(H2,11,12). The van der Waals surface area contributed by atoms with E-state index in [1.165, 1.54) is 6.07 Å². The van der Waals surface area contributed by atoms with Gasteiger partial charge in [0.25, 0.3) is 0 Å². The van der Waals surface area contributed by atoms with Crippen LogP contribution in [0.2, 0.25) is 0 Å². The van der Waals surface area contributed by atoms with Crippen molar-refractivity contribution in [2.45, 2.75) is 6.42 Å². The van der Waals surface area contributed by atoms with Gasteiger partial charge in [-0.15, -0.1) is 0 Å². The highest BCUT2D eigenvalue weighted by Crippen LogP contribution is 2.07. The second-order valence-electron chi connectivity index (χ2n) is 2.36. The van der Waals surface area contributed by atoms with Crippen LogP contribution in [0.5, 0.6) is 0 Å². The van der Waals surface area contributed by atoms with Crippen LogP contribution in [0.1, 0.15) is 12.0 Å². The van der Waals surface area contributed by atoms with Crippen LogP contribution in [0.4, 0.5) is 10.2 Å². The van der Waals surface area contributed by atoms with E-state index in [0.717, 1.165) is 6.20 Å². The number of halogens is 1. The summed E-state index contributed by atoms with van der Waals surface area (Å²) in [7, 11) is 0. The van der Waals surface area contributed by atoms with Crippen LogP contribution in [0.25, 0.3) is 0 Å². The van der Waals surface area contributed by atoms with Crippen LogP contribution in [0.3, 0.4) is 0 Å². The normalized spacial score (nSPS) is 9.08. The van der Waals surface area contributed by atoms with Gasteiger partial charge in [0.05, 0.1) is 11.8 Å². The maximum Gasteiger partial charge on any atom is 0.142 e. The number of hydrogen-bond donors (Lipinski definition) is 2. The average molecular weight is 196 g/mol. The third kappa shape index (κ3) is 2.96. The van der Waals surface area contributed by atoms with Crippen LogP contribution in [-0.4, -0.2) is 10.7 Å². The zero-order chi connectivity index (χ0) is 9.68. The van der Waals surface area contributed by atoms with Gasteiger partial charge in [0.2, 0.25) is 0 Å². The fraction of sp³-hybridized carbons (Fsp3) is 0.222. The summed E-state index contributed by atoms with van der Waals surface area (Å²) < 4.78 is 12.7. The molecule has 0 atom stereocenters. The van der Waals surface area contributed by atoms with Gasteiger partial charge in [-0.1, -0.05) is 11.8 Å². The molecule has 0 unspecified atom stereocenters. The Bertz CT molecular complexity index is 354. The van der Waals surface area contributed by atoms with Crippen LogP contribution in [0.15, 0.2) is 12.3 Å². The molecule has 0 spiro atoms. The third-order valence-electron chi connectivity index (χ3n) is 1.35. The van der Waals surface area contributed by atoms with Crippen LogP contribution in [0, 0.1) is 17.7 Å². The number of nitrogens with two attached hydrogens (primary N) is 1. The van der Waals surface area contributed by atoms with E-state index >= 15 is 0 Å². The van der Waals surface area contributed by atoms with Gasteiger partial charge < -0.3 is 5.73 Å². The number of nitrogen functional groups attached to an aromatic ring is 1. The lowest BCUT2D eigenvalue weighted by Crippen LogP contribution is -1.95. The van der Waals surface area contributed by atoms with E-state index in [2.05, 4.69) is 29.5 Å². The highest BCUT2D eigenvalue weighted by atomic mass is 32.1. The van der Waals surface area contributed by atoms with Gasteiger partial charge in [-0.25, -0.2) is 9.37 Å². The first kappa shape index (κ1) is 9.87. The molecule has 1 rings (SSSR count). The predicted molar refractivity (Wildman–Crippen MR) is 54.0 cm³/mol. The molecular formula is C9H9FN2S. The quantitative estimate of drug-likeness (QED) is 0.527. The molecule has 13 heavy (non-hydrogen) atoms. The summed E-state index contributed by atoms with van der Waals surface area (Å²) in [6.45, 7) is 0. The summed E-state index contributed by atoms with van der Waals surface area (Å²) >= 11 is 3.99. The minimum absolute atomic E-state index is 0.257. The number of hydrogen-bond acceptors (Lipinski definition) is 3. The van der Waals surface area contributed by atoms with Crippen molar-refractivity contribution in [2.75, 3.05) is 11.5 Å². The molecule has 1 heterocycles. The van der Waals surface area contributed by atoms with E-state index in [9.17, 15) is 4.39 Å². The van der Waals surface area contributed by atoms with E-state index in [1.54, 1.807) is 0 Å². The first-order valence-electron chi connectivity index (χ1n) is 3.75. The third-order valence-corrected chi connectivity index (χ3v) is 1.57. The molecule has 0 aliphatic rings. The zero-order valence-corrected chi connectivity index (χ0v) is 7.81. The molecule has 1 aromatic heterocycles. The van der Waals surface area contributed by atoms with Crippen LogP contribution >= 0.6 is 12.6 Å². The molecule has 0 saturated heterocycles. The Morgan fingerprint density at radius 3 is 3.08 bits per heavy atom. The summed E-state index contributed by atoms with van der Waals surface area (Å²) in [4.78, 5) is 3.64. The molecule has 1 aromatic rings. The first-order chi connectivity index (χ1) is 6.24. The molecular weight excluding hydrogens is 187 g/mol. The van der Waals surface area contributed by atoms with Crippen molar-refractivity contribution in [3.63, 3.8) is 0 Å². The lowest BCUT2D eigenvalue weighted by atomic mass is 10.2. The van der Waals surface area contributed by atoms with Crippen molar-refractivity contribution in [2.24, 2.45) is 0 Å². The predicted octanol–water partition coefficient (Wildman–Crippen LogP) is 1.47. The van der Waals surface area contributed by atoms with Gasteiger partial charge in [-0.2, -0.15) is 12.6 Å². The van der Waals surface area contributed by atoms with E-state index in [-0.39, 0.29) is 5.82 Å². The SMILES string of the molecule is Nc1ncc(F)cc1C#CCCS. The molecule has 0 aromatic carbocycles. The number of aromatic nitrogens is 1. The second-order valence-corrected chi connectivity index (χ2v) is 2.81. The maximum absolute atomic E-state index is 12.7. The van der Waals surface area contributed by atoms with Gasteiger partial charge in [-0.05, 0) is 6.07 Å². The highest BCUT2D eigenvalue weighted by molar-refractivity contribution is 7.80. The summed E-state index contributed by atoms with van der Waals surface area (Å²) in [5.74, 6) is 6.04. The Morgan fingerprint density at radius 1 is 1.62 bits per heavy atom. The summed E-state index contributed by atoms with van der Waals surface area (Å²) in [6, 6.07) is 1.27. The summed E-state index contributed by atoms with van der Waals surface area (Å²) in [6.07, 6.45) is 1.72. The maximum atomic E-state index is 12.7. The lowest BCUT2D eigenvalue weighted by Gasteiger charge is -1.95. The lowest BCUT2D eigenvalue weighted by molar-refractivity contribution is 0.621. The Kier molecular flexibility index (Phi) is 3.59.